The van der Waals surface area contributed by atoms with E-state index in [9.17, 15) is 9.59 Å². The molecule has 0 saturated heterocycles. The molecule has 2 aromatic heterocycles. The first kappa shape index (κ1) is 27.2. The molecule has 1 unspecified atom stereocenters. The molecule has 0 spiro atoms. The summed E-state index contributed by atoms with van der Waals surface area (Å²) in [7, 11) is 0. The SMILES string of the molecule is CCOC(=O)Cn1nnnc1C(CC)N(CCc1ccccc1C)Cc1cc2cc(C)cc(C)c2[nH]c1=O. The van der Waals surface area contributed by atoms with E-state index in [0.29, 0.717) is 37.5 Å². The second kappa shape index (κ2) is 12.1. The monoisotopic (exact) mass is 516 g/mol. The molecule has 0 fully saturated rings. The molecule has 38 heavy (non-hydrogen) atoms. The first-order valence-electron chi connectivity index (χ1n) is 13.1. The summed E-state index contributed by atoms with van der Waals surface area (Å²) < 4.78 is 6.62. The number of aromatic amines is 1. The highest BCUT2D eigenvalue weighted by Crippen LogP contribution is 2.26. The van der Waals surface area contributed by atoms with Gasteiger partial charge in [0.25, 0.3) is 5.56 Å². The lowest BCUT2D eigenvalue weighted by molar-refractivity contribution is -0.144. The summed E-state index contributed by atoms with van der Waals surface area (Å²) in [6.07, 6.45) is 1.49. The second-order valence-electron chi connectivity index (χ2n) is 9.74. The van der Waals surface area contributed by atoms with Crippen LogP contribution in [0.5, 0.6) is 0 Å². The molecule has 0 bridgehead atoms. The zero-order valence-electron chi connectivity index (χ0n) is 22.8. The first-order valence-corrected chi connectivity index (χ1v) is 13.1. The zero-order chi connectivity index (χ0) is 27.2. The number of hydrogen-bond acceptors (Lipinski definition) is 7. The lowest BCUT2D eigenvalue weighted by Crippen LogP contribution is -2.34. The Hall–Kier alpha value is -3.85. The van der Waals surface area contributed by atoms with Crippen LogP contribution in [0.15, 0.2) is 47.3 Å². The van der Waals surface area contributed by atoms with Crippen LogP contribution in [0.1, 0.15) is 60.0 Å². The van der Waals surface area contributed by atoms with Crippen molar-refractivity contribution in [2.45, 2.75) is 66.6 Å². The third-order valence-corrected chi connectivity index (χ3v) is 6.94. The van der Waals surface area contributed by atoms with E-state index in [0.717, 1.165) is 28.5 Å². The predicted molar refractivity (Wildman–Crippen MR) is 147 cm³/mol. The smallest absolute Gasteiger partial charge is 0.327 e. The van der Waals surface area contributed by atoms with Gasteiger partial charge in [0.1, 0.15) is 6.54 Å². The number of ether oxygens (including phenoxy) is 1. The quantitative estimate of drug-likeness (QED) is 0.298. The highest BCUT2D eigenvalue weighted by atomic mass is 16.5. The molecule has 0 radical (unpaired) electrons. The molecule has 0 aliphatic rings. The lowest BCUT2D eigenvalue weighted by Gasteiger charge is -2.30. The van der Waals surface area contributed by atoms with Gasteiger partial charge in [0.15, 0.2) is 5.82 Å². The lowest BCUT2D eigenvalue weighted by atomic mass is 10.0. The van der Waals surface area contributed by atoms with Crippen LogP contribution in [0.4, 0.5) is 0 Å². The number of esters is 1. The van der Waals surface area contributed by atoms with Crippen LogP contribution in [-0.4, -0.2) is 49.2 Å². The van der Waals surface area contributed by atoms with E-state index in [-0.39, 0.29) is 24.1 Å². The molecule has 0 aliphatic carbocycles. The fourth-order valence-corrected chi connectivity index (χ4v) is 5.06. The average Bonchev–Trinajstić information content (AvgIpc) is 3.32. The van der Waals surface area contributed by atoms with E-state index >= 15 is 0 Å². The van der Waals surface area contributed by atoms with Gasteiger partial charge in [-0.2, -0.15) is 0 Å². The number of pyridine rings is 1. The number of carbonyl (C=O) groups is 1. The third kappa shape index (κ3) is 6.16. The largest absolute Gasteiger partial charge is 0.465 e. The maximum absolute atomic E-state index is 13.2. The molecule has 0 amide bonds. The first-order chi connectivity index (χ1) is 18.3. The van der Waals surface area contributed by atoms with E-state index in [4.69, 9.17) is 4.74 Å². The van der Waals surface area contributed by atoms with Gasteiger partial charge in [0.2, 0.25) is 0 Å². The van der Waals surface area contributed by atoms with Crippen molar-refractivity contribution in [2.24, 2.45) is 0 Å². The van der Waals surface area contributed by atoms with E-state index in [1.165, 1.54) is 15.8 Å². The van der Waals surface area contributed by atoms with Crippen molar-refractivity contribution in [3.63, 3.8) is 0 Å². The number of carbonyl (C=O) groups excluding carboxylic acids is 1. The number of nitrogens with one attached hydrogen (secondary N) is 1. The van der Waals surface area contributed by atoms with Crippen LogP contribution >= 0.6 is 0 Å². The van der Waals surface area contributed by atoms with Gasteiger partial charge in [-0.15, -0.1) is 5.10 Å². The number of tetrazole rings is 1. The Morgan fingerprint density at radius 2 is 1.87 bits per heavy atom. The fraction of sp³-hybridized carbons (Fsp3) is 0.414. The number of hydrogen-bond donors (Lipinski definition) is 1. The van der Waals surface area contributed by atoms with Crippen LogP contribution in [0.25, 0.3) is 10.9 Å². The van der Waals surface area contributed by atoms with Gasteiger partial charge in [-0.25, -0.2) is 4.68 Å². The summed E-state index contributed by atoms with van der Waals surface area (Å²) in [5.41, 5.74) is 6.10. The topological polar surface area (TPSA) is 106 Å². The van der Waals surface area contributed by atoms with Crippen LogP contribution in [0, 0.1) is 20.8 Å². The van der Waals surface area contributed by atoms with Crippen molar-refractivity contribution >= 4 is 16.9 Å². The number of aromatic nitrogens is 5. The summed E-state index contributed by atoms with van der Waals surface area (Å²) in [5, 5.41) is 13.2. The normalized spacial score (nSPS) is 12.3. The molecular formula is C29H36N6O3. The Morgan fingerprint density at radius 3 is 2.61 bits per heavy atom. The van der Waals surface area contributed by atoms with Gasteiger partial charge in [0, 0.05) is 18.7 Å². The zero-order valence-corrected chi connectivity index (χ0v) is 22.8. The van der Waals surface area contributed by atoms with Crippen LogP contribution < -0.4 is 5.56 Å². The van der Waals surface area contributed by atoms with Gasteiger partial charge < -0.3 is 9.72 Å². The fourth-order valence-electron chi connectivity index (χ4n) is 5.06. The Labute approximate surface area is 222 Å². The highest BCUT2D eigenvalue weighted by Gasteiger charge is 2.27. The van der Waals surface area contributed by atoms with Gasteiger partial charge in [0.05, 0.1) is 18.2 Å². The molecule has 4 rings (SSSR count). The summed E-state index contributed by atoms with van der Waals surface area (Å²) in [6, 6.07) is 14.3. The van der Waals surface area contributed by atoms with Gasteiger partial charge in [-0.05, 0) is 85.2 Å². The third-order valence-electron chi connectivity index (χ3n) is 6.94. The second-order valence-corrected chi connectivity index (χ2v) is 9.74. The maximum Gasteiger partial charge on any atom is 0.327 e. The number of rotatable bonds is 11. The minimum absolute atomic E-state index is 0.0621. The van der Waals surface area contributed by atoms with Gasteiger partial charge in [-0.3, -0.25) is 14.5 Å². The Bertz CT molecular complexity index is 1470. The van der Waals surface area contributed by atoms with E-state index in [2.05, 4.69) is 70.4 Å². The Kier molecular flexibility index (Phi) is 8.68. The number of aryl methyl sites for hydroxylation is 3. The van der Waals surface area contributed by atoms with E-state index < -0.39 is 0 Å². The summed E-state index contributed by atoms with van der Waals surface area (Å²) >= 11 is 0. The summed E-state index contributed by atoms with van der Waals surface area (Å²) in [5.74, 6) is 0.188. The number of benzene rings is 2. The van der Waals surface area contributed by atoms with E-state index in [1.54, 1.807) is 6.92 Å². The van der Waals surface area contributed by atoms with Crippen LogP contribution in [-0.2, 0) is 29.0 Å². The molecule has 1 N–H and O–H groups in total. The van der Waals surface area contributed by atoms with Gasteiger partial charge in [-0.1, -0.05) is 42.8 Å². The molecule has 200 valence electrons. The minimum atomic E-state index is -0.390. The molecule has 1 atom stereocenters. The summed E-state index contributed by atoms with van der Waals surface area (Å²) in [6.45, 7) is 11.3. The van der Waals surface area contributed by atoms with Crippen LogP contribution in [0.3, 0.4) is 0 Å². The molecule has 9 nitrogen and oxygen atoms in total. The van der Waals surface area contributed by atoms with Crippen molar-refractivity contribution in [1.29, 1.82) is 0 Å². The minimum Gasteiger partial charge on any atom is -0.465 e. The molecule has 0 saturated carbocycles. The molecular weight excluding hydrogens is 480 g/mol. The summed E-state index contributed by atoms with van der Waals surface area (Å²) in [4.78, 5) is 30.8. The van der Waals surface area contributed by atoms with Crippen LogP contribution in [0.2, 0.25) is 0 Å². The Morgan fingerprint density at radius 1 is 1.08 bits per heavy atom. The predicted octanol–water partition coefficient (Wildman–Crippen LogP) is 4.20. The van der Waals surface area contributed by atoms with E-state index in [1.807, 2.05) is 25.1 Å². The van der Waals surface area contributed by atoms with Crippen molar-refractivity contribution < 1.29 is 9.53 Å². The van der Waals surface area contributed by atoms with Crippen molar-refractivity contribution in [2.75, 3.05) is 13.2 Å². The van der Waals surface area contributed by atoms with Crippen molar-refractivity contribution in [1.82, 2.24) is 30.1 Å². The molecule has 0 aliphatic heterocycles. The molecule has 2 aromatic carbocycles. The van der Waals surface area contributed by atoms with Crippen molar-refractivity contribution in [3.05, 3.63) is 86.5 Å². The number of H-pyrrole nitrogens is 1. The highest BCUT2D eigenvalue weighted by molar-refractivity contribution is 5.82. The Balaban J connectivity index is 1.71. The van der Waals surface area contributed by atoms with Gasteiger partial charge >= 0.3 is 5.97 Å². The number of nitrogens with zero attached hydrogens (tertiary/aromatic N) is 5. The average molecular weight is 517 g/mol. The number of fused-ring (bicyclic) bond motifs is 1. The van der Waals surface area contributed by atoms with Crippen molar-refractivity contribution in [3.8, 4) is 0 Å². The molecule has 2 heterocycles. The standard InChI is InChI=1S/C29H36N6O3/c1-6-25(28-31-32-33-35(28)18-26(36)38-7-2)34(13-12-22-11-9-8-10-20(22)4)17-24-16-23-15-19(3)14-21(5)27(23)30-29(24)37/h8-11,14-16,25H,6-7,12-13,17-18H2,1-5H3,(H,30,37). The molecule has 4 aromatic rings. The maximum atomic E-state index is 13.2. The molecule has 9 heteroatoms.